The van der Waals surface area contributed by atoms with Crippen LogP contribution in [0.2, 0.25) is 0 Å². The van der Waals surface area contributed by atoms with Crippen molar-refractivity contribution in [3.8, 4) is 0 Å². The number of halogens is 1. The summed E-state index contributed by atoms with van der Waals surface area (Å²) >= 11 is 3.18. The first-order valence-electron chi connectivity index (χ1n) is 6.19. The molecule has 0 aliphatic heterocycles. The van der Waals surface area contributed by atoms with Gasteiger partial charge in [0.25, 0.3) is 5.91 Å². The summed E-state index contributed by atoms with van der Waals surface area (Å²) in [6.45, 7) is 4.22. The number of rotatable bonds is 7. The molecule has 0 radical (unpaired) electrons. The van der Waals surface area contributed by atoms with Crippen molar-refractivity contribution in [1.82, 2.24) is 5.32 Å². The fraction of sp³-hybridized carbons (Fsp3) is 0.615. The first-order valence-corrected chi connectivity index (χ1v) is 6.99. The molecular formula is C13H20BrNO2. The molecule has 1 aromatic rings. The van der Waals surface area contributed by atoms with Crippen LogP contribution in [0.25, 0.3) is 0 Å². The largest absolute Gasteiger partial charge is 0.444 e. The van der Waals surface area contributed by atoms with Crippen LogP contribution >= 0.6 is 15.9 Å². The third-order valence-corrected chi connectivity index (χ3v) is 3.09. The predicted molar refractivity (Wildman–Crippen MR) is 72.1 cm³/mol. The number of carbonyl (C=O) groups excluding carboxylic acids is 1. The van der Waals surface area contributed by atoms with Crippen molar-refractivity contribution < 1.29 is 9.21 Å². The number of unbranched alkanes of at least 4 members (excludes halogenated alkanes) is 3. The Bertz CT molecular complexity index is 349. The fourth-order valence-electron chi connectivity index (χ4n) is 1.68. The van der Waals surface area contributed by atoms with Crippen LogP contribution in [-0.4, -0.2) is 11.9 Å². The van der Waals surface area contributed by atoms with E-state index in [2.05, 4.69) is 28.2 Å². The van der Waals surface area contributed by atoms with E-state index in [9.17, 15) is 4.79 Å². The Morgan fingerprint density at radius 2 is 2.18 bits per heavy atom. The van der Waals surface area contributed by atoms with Gasteiger partial charge in [0.05, 0.1) is 0 Å². The van der Waals surface area contributed by atoms with Crippen molar-refractivity contribution in [3.63, 3.8) is 0 Å². The average molecular weight is 302 g/mol. The molecule has 1 aromatic heterocycles. The lowest BCUT2D eigenvalue weighted by Crippen LogP contribution is -2.32. The smallest absolute Gasteiger partial charge is 0.287 e. The summed E-state index contributed by atoms with van der Waals surface area (Å²) in [7, 11) is 0. The highest BCUT2D eigenvalue weighted by Gasteiger charge is 2.12. The monoisotopic (exact) mass is 301 g/mol. The Morgan fingerprint density at radius 1 is 1.41 bits per heavy atom. The van der Waals surface area contributed by atoms with Crippen LogP contribution in [0.4, 0.5) is 0 Å². The summed E-state index contributed by atoms with van der Waals surface area (Å²) in [4.78, 5) is 11.7. The van der Waals surface area contributed by atoms with E-state index in [4.69, 9.17) is 4.42 Å². The van der Waals surface area contributed by atoms with Gasteiger partial charge < -0.3 is 9.73 Å². The zero-order chi connectivity index (χ0) is 12.7. The molecule has 1 rings (SSSR count). The third kappa shape index (κ3) is 5.39. The molecule has 0 fully saturated rings. The number of hydrogen-bond donors (Lipinski definition) is 1. The van der Waals surface area contributed by atoms with Gasteiger partial charge in [-0.15, -0.1) is 0 Å². The highest BCUT2D eigenvalue weighted by atomic mass is 79.9. The van der Waals surface area contributed by atoms with E-state index in [1.807, 2.05) is 6.92 Å². The topological polar surface area (TPSA) is 42.2 Å². The van der Waals surface area contributed by atoms with E-state index in [0.717, 1.165) is 12.8 Å². The highest BCUT2D eigenvalue weighted by molar-refractivity contribution is 9.10. The summed E-state index contributed by atoms with van der Waals surface area (Å²) in [6.07, 6.45) is 5.93. The number of nitrogens with one attached hydrogen (secondary N) is 1. The Kier molecular flexibility index (Phi) is 6.34. The maximum atomic E-state index is 11.7. The number of hydrogen-bond acceptors (Lipinski definition) is 2. The summed E-state index contributed by atoms with van der Waals surface area (Å²) in [5.41, 5.74) is 0. The zero-order valence-corrected chi connectivity index (χ0v) is 12.0. The SMILES string of the molecule is CCCCCCC(C)NC(=O)c1ccc(Br)o1. The van der Waals surface area contributed by atoms with Gasteiger partial charge in [-0.05, 0) is 41.4 Å². The molecule has 0 aliphatic rings. The number of furan rings is 1. The Morgan fingerprint density at radius 3 is 2.76 bits per heavy atom. The van der Waals surface area contributed by atoms with Crippen LogP contribution in [-0.2, 0) is 0 Å². The van der Waals surface area contributed by atoms with Gasteiger partial charge in [0.1, 0.15) is 0 Å². The second-order valence-corrected chi connectivity index (χ2v) is 5.11. The standard InChI is InChI=1S/C13H20BrNO2/c1-3-4-5-6-7-10(2)15-13(16)11-8-9-12(14)17-11/h8-10H,3-7H2,1-2H3,(H,15,16). The van der Waals surface area contributed by atoms with Crippen molar-refractivity contribution in [3.05, 3.63) is 22.6 Å². The summed E-state index contributed by atoms with van der Waals surface area (Å²) in [5, 5.41) is 2.93. The average Bonchev–Trinajstić information content (AvgIpc) is 2.71. The third-order valence-electron chi connectivity index (χ3n) is 2.67. The van der Waals surface area contributed by atoms with Gasteiger partial charge in [0.2, 0.25) is 0 Å². The van der Waals surface area contributed by atoms with Gasteiger partial charge in [-0.2, -0.15) is 0 Å². The highest BCUT2D eigenvalue weighted by Crippen LogP contribution is 2.14. The molecule has 4 heteroatoms. The molecule has 96 valence electrons. The molecule has 0 aromatic carbocycles. The number of amides is 1. The van der Waals surface area contributed by atoms with Gasteiger partial charge in [0, 0.05) is 6.04 Å². The molecule has 1 N–H and O–H groups in total. The van der Waals surface area contributed by atoms with Gasteiger partial charge >= 0.3 is 0 Å². The summed E-state index contributed by atoms with van der Waals surface area (Å²) in [6, 6.07) is 3.59. The van der Waals surface area contributed by atoms with Crippen LogP contribution in [0.5, 0.6) is 0 Å². The molecular weight excluding hydrogens is 282 g/mol. The van der Waals surface area contributed by atoms with Gasteiger partial charge in [0.15, 0.2) is 10.4 Å². The minimum Gasteiger partial charge on any atom is -0.444 e. The van der Waals surface area contributed by atoms with Crippen molar-refractivity contribution in [2.75, 3.05) is 0 Å². The fourth-order valence-corrected chi connectivity index (χ4v) is 1.99. The first kappa shape index (κ1) is 14.3. The lowest BCUT2D eigenvalue weighted by atomic mass is 10.1. The van der Waals surface area contributed by atoms with Crippen molar-refractivity contribution >= 4 is 21.8 Å². The predicted octanol–water partition coefficient (Wildman–Crippen LogP) is 4.13. The van der Waals surface area contributed by atoms with Crippen LogP contribution < -0.4 is 5.32 Å². The van der Waals surface area contributed by atoms with E-state index in [-0.39, 0.29) is 11.9 Å². The van der Waals surface area contributed by atoms with Crippen molar-refractivity contribution in [2.24, 2.45) is 0 Å². The van der Waals surface area contributed by atoms with Crippen LogP contribution in [0.1, 0.15) is 56.5 Å². The lowest BCUT2D eigenvalue weighted by molar-refractivity contribution is 0.0908. The van der Waals surface area contributed by atoms with Crippen LogP contribution in [0.3, 0.4) is 0 Å². The molecule has 1 atom stereocenters. The number of carbonyl (C=O) groups is 1. The lowest BCUT2D eigenvalue weighted by Gasteiger charge is -2.12. The van der Waals surface area contributed by atoms with Crippen molar-refractivity contribution in [2.45, 2.75) is 52.0 Å². The van der Waals surface area contributed by atoms with Gasteiger partial charge in [-0.25, -0.2) is 0 Å². The van der Waals surface area contributed by atoms with Crippen LogP contribution in [0.15, 0.2) is 21.2 Å². The summed E-state index contributed by atoms with van der Waals surface area (Å²) in [5.74, 6) is 0.218. The maximum Gasteiger partial charge on any atom is 0.287 e. The Balaban J connectivity index is 2.26. The Labute approximate surface area is 111 Å². The second-order valence-electron chi connectivity index (χ2n) is 4.33. The zero-order valence-electron chi connectivity index (χ0n) is 10.5. The molecule has 17 heavy (non-hydrogen) atoms. The maximum absolute atomic E-state index is 11.7. The first-order chi connectivity index (χ1) is 8.13. The van der Waals surface area contributed by atoms with Gasteiger partial charge in [-0.1, -0.05) is 32.6 Å². The molecule has 0 saturated heterocycles. The van der Waals surface area contributed by atoms with Gasteiger partial charge in [-0.3, -0.25) is 4.79 Å². The molecule has 1 unspecified atom stereocenters. The van der Waals surface area contributed by atoms with E-state index >= 15 is 0 Å². The van der Waals surface area contributed by atoms with E-state index < -0.39 is 0 Å². The molecule has 1 amide bonds. The summed E-state index contributed by atoms with van der Waals surface area (Å²) < 4.78 is 5.78. The second kappa shape index (κ2) is 7.54. The molecule has 3 nitrogen and oxygen atoms in total. The molecule has 0 spiro atoms. The molecule has 0 bridgehead atoms. The van der Waals surface area contributed by atoms with E-state index in [1.165, 1.54) is 19.3 Å². The van der Waals surface area contributed by atoms with E-state index in [1.54, 1.807) is 12.1 Å². The van der Waals surface area contributed by atoms with E-state index in [0.29, 0.717) is 10.4 Å². The quantitative estimate of drug-likeness (QED) is 0.769. The van der Waals surface area contributed by atoms with Crippen LogP contribution in [0, 0.1) is 0 Å². The van der Waals surface area contributed by atoms with Crippen molar-refractivity contribution in [1.29, 1.82) is 0 Å². The minimum absolute atomic E-state index is 0.140. The minimum atomic E-state index is -0.140. The molecule has 1 heterocycles. The molecule has 0 aliphatic carbocycles. The normalized spacial score (nSPS) is 12.4. The molecule has 0 saturated carbocycles. The Hall–Kier alpha value is -0.770.